The van der Waals surface area contributed by atoms with Crippen LogP contribution < -0.4 is 10.6 Å². The summed E-state index contributed by atoms with van der Waals surface area (Å²) < 4.78 is 0. The number of anilines is 1. The third kappa shape index (κ3) is 2.67. The van der Waals surface area contributed by atoms with Crippen molar-refractivity contribution in [2.45, 2.75) is 32.4 Å². The molecule has 0 unspecified atom stereocenters. The van der Waals surface area contributed by atoms with E-state index in [4.69, 9.17) is 0 Å². The first-order valence-corrected chi connectivity index (χ1v) is 5.18. The number of nitrogens with zero attached hydrogens (tertiary/aromatic N) is 2. The van der Waals surface area contributed by atoms with Gasteiger partial charge in [0.05, 0.1) is 5.69 Å². The van der Waals surface area contributed by atoms with Gasteiger partial charge in [0.1, 0.15) is 5.82 Å². The summed E-state index contributed by atoms with van der Waals surface area (Å²) in [5, 5.41) is 14.7. The van der Waals surface area contributed by atoms with Gasteiger partial charge < -0.3 is 10.6 Å². The van der Waals surface area contributed by atoms with Crippen molar-refractivity contribution in [3.05, 3.63) is 17.8 Å². The molecule has 1 aliphatic rings. The van der Waals surface area contributed by atoms with E-state index in [2.05, 4.69) is 20.8 Å². The Morgan fingerprint density at radius 1 is 1.36 bits per heavy atom. The molecule has 0 aromatic carbocycles. The largest absolute Gasteiger partial charge is 0.369 e. The van der Waals surface area contributed by atoms with Gasteiger partial charge in [-0.05, 0) is 31.9 Å². The van der Waals surface area contributed by atoms with Crippen molar-refractivity contribution in [1.29, 1.82) is 0 Å². The van der Waals surface area contributed by atoms with Crippen molar-refractivity contribution in [2.75, 3.05) is 11.9 Å². The van der Waals surface area contributed by atoms with E-state index in [0.717, 1.165) is 30.6 Å². The summed E-state index contributed by atoms with van der Waals surface area (Å²) in [5.74, 6) is 0.850. The molecule has 0 bridgehead atoms. The van der Waals surface area contributed by atoms with E-state index < -0.39 is 0 Å². The summed E-state index contributed by atoms with van der Waals surface area (Å²) in [5.41, 5.74) is 1.01. The van der Waals surface area contributed by atoms with Gasteiger partial charge in [-0.2, -0.15) is 5.10 Å². The molecule has 0 atom stereocenters. The second-order valence-corrected chi connectivity index (χ2v) is 3.60. The third-order valence-electron chi connectivity index (χ3n) is 2.23. The fourth-order valence-electron chi connectivity index (χ4n) is 1.27. The van der Waals surface area contributed by atoms with E-state index in [1.807, 2.05) is 19.1 Å². The number of hydrogen-bond donors (Lipinski definition) is 2. The van der Waals surface area contributed by atoms with E-state index in [-0.39, 0.29) is 0 Å². The molecule has 14 heavy (non-hydrogen) atoms. The minimum Gasteiger partial charge on any atom is -0.369 e. The summed E-state index contributed by atoms with van der Waals surface area (Å²) in [7, 11) is 0. The number of aromatic nitrogens is 2. The lowest BCUT2D eigenvalue weighted by molar-refractivity contribution is 0.666. The highest BCUT2D eigenvalue weighted by atomic mass is 15.2. The molecule has 4 heteroatoms. The highest BCUT2D eigenvalue weighted by Crippen LogP contribution is 2.18. The summed E-state index contributed by atoms with van der Waals surface area (Å²) in [6.45, 7) is 3.77. The van der Waals surface area contributed by atoms with E-state index in [1.165, 1.54) is 12.8 Å². The summed E-state index contributed by atoms with van der Waals surface area (Å²) in [4.78, 5) is 0. The quantitative estimate of drug-likeness (QED) is 0.735. The van der Waals surface area contributed by atoms with Crippen LogP contribution in [0.25, 0.3) is 0 Å². The van der Waals surface area contributed by atoms with Crippen molar-refractivity contribution < 1.29 is 0 Å². The van der Waals surface area contributed by atoms with Gasteiger partial charge in [-0.15, -0.1) is 5.10 Å². The van der Waals surface area contributed by atoms with Crippen LogP contribution in [0.1, 0.15) is 25.5 Å². The molecule has 0 radical (unpaired) electrons. The Morgan fingerprint density at radius 2 is 2.21 bits per heavy atom. The van der Waals surface area contributed by atoms with Crippen LogP contribution in [-0.4, -0.2) is 22.8 Å². The first kappa shape index (κ1) is 9.40. The average Bonchev–Trinajstić information content (AvgIpc) is 3.01. The molecular weight excluding hydrogens is 176 g/mol. The zero-order chi connectivity index (χ0) is 9.80. The molecule has 1 heterocycles. The maximum absolute atomic E-state index is 4.12. The minimum atomic E-state index is 0.727. The molecule has 0 amide bonds. The second kappa shape index (κ2) is 4.37. The Labute approximate surface area is 84.1 Å². The minimum absolute atomic E-state index is 0.727. The zero-order valence-corrected chi connectivity index (χ0v) is 8.45. The van der Waals surface area contributed by atoms with Crippen molar-refractivity contribution in [3.63, 3.8) is 0 Å². The molecule has 1 saturated carbocycles. The zero-order valence-electron chi connectivity index (χ0n) is 8.45. The highest BCUT2D eigenvalue weighted by Gasteiger charge is 2.20. The van der Waals surface area contributed by atoms with Gasteiger partial charge in [-0.3, -0.25) is 0 Å². The Balaban J connectivity index is 1.84. The smallest absolute Gasteiger partial charge is 0.148 e. The highest BCUT2D eigenvalue weighted by molar-refractivity contribution is 5.32. The van der Waals surface area contributed by atoms with Gasteiger partial charge >= 0.3 is 0 Å². The topological polar surface area (TPSA) is 49.8 Å². The van der Waals surface area contributed by atoms with Crippen LogP contribution in [0.5, 0.6) is 0 Å². The number of hydrogen-bond acceptors (Lipinski definition) is 4. The molecule has 1 aromatic heterocycles. The van der Waals surface area contributed by atoms with Gasteiger partial charge in [0.2, 0.25) is 0 Å². The van der Waals surface area contributed by atoms with Gasteiger partial charge in [0.15, 0.2) is 0 Å². The SMILES string of the molecule is CCNc1ccc(CNC2CC2)nn1. The van der Waals surface area contributed by atoms with Gasteiger partial charge in [-0.1, -0.05) is 0 Å². The van der Waals surface area contributed by atoms with Crippen LogP contribution in [0.2, 0.25) is 0 Å². The van der Waals surface area contributed by atoms with Crippen molar-refractivity contribution in [3.8, 4) is 0 Å². The fourth-order valence-corrected chi connectivity index (χ4v) is 1.27. The summed E-state index contributed by atoms with van der Waals surface area (Å²) in [6, 6.07) is 4.71. The number of nitrogens with one attached hydrogen (secondary N) is 2. The normalized spacial score (nSPS) is 15.5. The number of rotatable bonds is 5. The van der Waals surface area contributed by atoms with Crippen LogP contribution >= 0.6 is 0 Å². The molecule has 0 saturated heterocycles. The molecule has 4 nitrogen and oxygen atoms in total. The Hall–Kier alpha value is -1.16. The molecule has 1 fully saturated rings. The van der Waals surface area contributed by atoms with Gasteiger partial charge in [0, 0.05) is 19.1 Å². The average molecular weight is 192 g/mol. The van der Waals surface area contributed by atoms with Crippen molar-refractivity contribution in [2.24, 2.45) is 0 Å². The van der Waals surface area contributed by atoms with Crippen LogP contribution in [0, 0.1) is 0 Å². The monoisotopic (exact) mass is 192 g/mol. The lowest BCUT2D eigenvalue weighted by atomic mass is 10.3. The molecule has 1 aromatic rings. The molecule has 2 N–H and O–H groups in total. The molecule has 76 valence electrons. The maximum Gasteiger partial charge on any atom is 0.148 e. The van der Waals surface area contributed by atoms with Crippen LogP contribution in [-0.2, 0) is 6.54 Å². The van der Waals surface area contributed by atoms with E-state index in [1.54, 1.807) is 0 Å². The maximum atomic E-state index is 4.12. The third-order valence-corrected chi connectivity index (χ3v) is 2.23. The predicted octanol–water partition coefficient (Wildman–Crippen LogP) is 1.16. The Kier molecular flexibility index (Phi) is 2.93. The van der Waals surface area contributed by atoms with Crippen molar-refractivity contribution in [1.82, 2.24) is 15.5 Å². The molecule has 0 aliphatic heterocycles. The molecule has 0 spiro atoms. The molecular formula is C10H16N4. The molecule has 2 rings (SSSR count). The van der Waals surface area contributed by atoms with E-state index >= 15 is 0 Å². The van der Waals surface area contributed by atoms with E-state index in [9.17, 15) is 0 Å². The van der Waals surface area contributed by atoms with E-state index in [0.29, 0.717) is 0 Å². The van der Waals surface area contributed by atoms with Crippen LogP contribution in [0.4, 0.5) is 5.82 Å². The second-order valence-electron chi connectivity index (χ2n) is 3.60. The first-order chi connectivity index (χ1) is 6.88. The standard InChI is InChI=1S/C10H16N4/c1-2-11-10-6-5-9(13-14-10)7-12-8-3-4-8/h5-6,8,12H,2-4,7H2,1H3,(H,11,14). The lowest BCUT2D eigenvalue weighted by Crippen LogP contribution is -2.16. The first-order valence-electron chi connectivity index (χ1n) is 5.18. The lowest BCUT2D eigenvalue weighted by Gasteiger charge is -2.03. The Bertz CT molecular complexity index is 279. The van der Waals surface area contributed by atoms with Gasteiger partial charge in [-0.25, -0.2) is 0 Å². The Morgan fingerprint density at radius 3 is 2.79 bits per heavy atom. The molecule has 1 aliphatic carbocycles. The summed E-state index contributed by atoms with van der Waals surface area (Å²) in [6.07, 6.45) is 2.62. The predicted molar refractivity (Wildman–Crippen MR) is 56.1 cm³/mol. The fraction of sp³-hybridized carbons (Fsp3) is 0.600. The van der Waals surface area contributed by atoms with Crippen LogP contribution in [0.3, 0.4) is 0 Å². The summed E-state index contributed by atoms with van der Waals surface area (Å²) >= 11 is 0. The van der Waals surface area contributed by atoms with Gasteiger partial charge in [0.25, 0.3) is 0 Å². The van der Waals surface area contributed by atoms with Crippen molar-refractivity contribution >= 4 is 5.82 Å². The van der Waals surface area contributed by atoms with Crippen LogP contribution in [0.15, 0.2) is 12.1 Å².